The standard InChI is InChI=1S/C11H16N4O3/c1-14-6-4-9(13-14)12-11(18)15-5-2-3-8(15)7-10(16)17/h4,6,8H,2-3,5,7H2,1H3,(H,16,17)(H,12,13,18). The van der Waals surface area contributed by atoms with Crippen molar-refractivity contribution in [2.24, 2.45) is 7.05 Å². The maximum absolute atomic E-state index is 12.0. The zero-order valence-corrected chi connectivity index (χ0v) is 10.2. The smallest absolute Gasteiger partial charge is 0.323 e. The SMILES string of the molecule is Cn1ccc(NC(=O)N2CCCC2CC(=O)O)n1. The van der Waals surface area contributed by atoms with E-state index in [1.54, 1.807) is 28.9 Å². The number of carbonyl (C=O) groups excluding carboxylic acids is 1. The molecule has 7 heteroatoms. The van der Waals surface area contributed by atoms with E-state index in [1.807, 2.05) is 0 Å². The van der Waals surface area contributed by atoms with Gasteiger partial charge in [0.1, 0.15) is 0 Å². The molecule has 1 aromatic heterocycles. The fraction of sp³-hybridized carbons (Fsp3) is 0.545. The predicted molar refractivity (Wildman–Crippen MR) is 64.2 cm³/mol. The van der Waals surface area contributed by atoms with Gasteiger partial charge in [-0.1, -0.05) is 0 Å². The van der Waals surface area contributed by atoms with Gasteiger partial charge in [-0.15, -0.1) is 0 Å². The Morgan fingerprint density at radius 2 is 2.39 bits per heavy atom. The Hall–Kier alpha value is -2.05. The lowest BCUT2D eigenvalue weighted by molar-refractivity contribution is -0.137. The number of nitrogens with one attached hydrogen (secondary N) is 1. The van der Waals surface area contributed by atoms with Gasteiger partial charge < -0.3 is 10.0 Å². The lowest BCUT2D eigenvalue weighted by atomic mass is 10.1. The number of aliphatic carboxylic acids is 1. The Bertz CT molecular complexity index is 457. The van der Waals surface area contributed by atoms with Gasteiger partial charge >= 0.3 is 12.0 Å². The molecule has 1 unspecified atom stereocenters. The van der Waals surface area contributed by atoms with Crippen molar-refractivity contribution in [3.8, 4) is 0 Å². The maximum atomic E-state index is 12.0. The normalized spacial score (nSPS) is 18.9. The van der Waals surface area contributed by atoms with Crippen LogP contribution < -0.4 is 5.32 Å². The second kappa shape index (κ2) is 5.07. The molecule has 1 aliphatic rings. The molecule has 1 fully saturated rings. The van der Waals surface area contributed by atoms with E-state index in [-0.39, 0.29) is 18.5 Å². The van der Waals surface area contributed by atoms with Crippen molar-refractivity contribution in [2.45, 2.75) is 25.3 Å². The molecule has 1 saturated heterocycles. The van der Waals surface area contributed by atoms with Crippen molar-refractivity contribution in [2.75, 3.05) is 11.9 Å². The number of urea groups is 1. The van der Waals surface area contributed by atoms with Crippen LogP contribution in [0.25, 0.3) is 0 Å². The van der Waals surface area contributed by atoms with Crippen molar-refractivity contribution in [1.82, 2.24) is 14.7 Å². The molecule has 2 amide bonds. The lowest BCUT2D eigenvalue weighted by Gasteiger charge is -2.23. The predicted octanol–water partition coefficient (Wildman–Crippen LogP) is 0.891. The Morgan fingerprint density at radius 1 is 1.61 bits per heavy atom. The third-order valence-electron chi connectivity index (χ3n) is 3.00. The number of aryl methyl sites for hydroxylation is 1. The highest BCUT2D eigenvalue weighted by atomic mass is 16.4. The molecule has 2 heterocycles. The summed E-state index contributed by atoms with van der Waals surface area (Å²) in [6.45, 7) is 0.594. The summed E-state index contributed by atoms with van der Waals surface area (Å²) in [7, 11) is 1.76. The van der Waals surface area contributed by atoms with Crippen molar-refractivity contribution in [3.63, 3.8) is 0 Å². The second-order valence-electron chi connectivity index (χ2n) is 4.39. The van der Waals surface area contributed by atoms with Gasteiger partial charge in [0.2, 0.25) is 0 Å². The molecule has 0 radical (unpaired) electrons. The molecule has 2 rings (SSSR count). The first-order valence-corrected chi connectivity index (χ1v) is 5.85. The second-order valence-corrected chi connectivity index (χ2v) is 4.39. The number of hydrogen-bond acceptors (Lipinski definition) is 3. The van der Waals surface area contributed by atoms with Gasteiger partial charge in [-0.3, -0.25) is 14.8 Å². The molecule has 98 valence electrons. The third-order valence-corrected chi connectivity index (χ3v) is 3.00. The molecule has 0 bridgehead atoms. The van der Waals surface area contributed by atoms with E-state index in [9.17, 15) is 9.59 Å². The molecule has 0 saturated carbocycles. The number of aromatic nitrogens is 2. The van der Waals surface area contributed by atoms with E-state index < -0.39 is 5.97 Å². The number of rotatable bonds is 3. The molecule has 2 N–H and O–H groups in total. The minimum Gasteiger partial charge on any atom is -0.481 e. The van der Waals surface area contributed by atoms with Crippen LogP contribution in [0.1, 0.15) is 19.3 Å². The number of carbonyl (C=O) groups is 2. The van der Waals surface area contributed by atoms with E-state index in [0.29, 0.717) is 12.4 Å². The topological polar surface area (TPSA) is 87.5 Å². The van der Waals surface area contributed by atoms with Crippen LogP contribution in [0.15, 0.2) is 12.3 Å². The van der Waals surface area contributed by atoms with Gasteiger partial charge in [-0.25, -0.2) is 4.79 Å². The summed E-state index contributed by atoms with van der Waals surface area (Å²) in [5.74, 6) is -0.402. The summed E-state index contributed by atoms with van der Waals surface area (Å²) in [6, 6.07) is 1.20. The summed E-state index contributed by atoms with van der Waals surface area (Å²) in [4.78, 5) is 24.3. The Morgan fingerprint density at radius 3 is 3.00 bits per heavy atom. The molecular formula is C11H16N4O3. The zero-order chi connectivity index (χ0) is 13.1. The van der Waals surface area contributed by atoms with Crippen LogP contribution in [0, 0.1) is 0 Å². The maximum Gasteiger partial charge on any atom is 0.323 e. The van der Waals surface area contributed by atoms with Gasteiger partial charge in [0, 0.05) is 31.9 Å². The van der Waals surface area contributed by atoms with Crippen molar-refractivity contribution in [3.05, 3.63) is 12.3 Å². The molecular weight excluding hydrogens is 236 g/mol. The van der Waals surface area contributed by atoms with Gasteiger partial charge in [-0.2, -0.15) is 5.10 Å². The summed E-state index contributed by atoms with van der Waals surface area (Å²) in [5, 5.41) is 15.5. The Kier molecular flexibility index (Phi) is 3.50. The number of nitrogens with zero attached hydrogens (tertiary/aromatic N) is 3. The first kappa shape index (κ1) is 12.4. The first-order valence-electron chi connectivity index (χ1n) is 5.85. The highest BCUT2D eigenvalue weighted by Crippen LogP contribution is 2.21. The quantitative estimate of drug-likeness (QED) is 0.836. The molecule has 1 aliphatic heterocycles. The van der Waals surface area contributed by atoms with Gasteiger partial charge in [0.05, 0.1) is 6.42 Å². The summed E-state index contributed by atoms with van der Waals surface area (Å²) >= 11 is 0. The van der Waals surface area contributed by atoms with Crippen LogP contribution in [-0.2, 0) is 11.8 Å². The number of amides is 2. The van der Waals surface area contributed by atoms with E-state index in [0.717, 1.165) is 12.8 Å². The van der Waals surface area contributed by atoms with E-state index in [1.165, 1.54) is 0 Å². The average Bonchev–Trinajstić information content (AvgIpc) is 2.87. The monoisotopic (exact) mass is 252 g/mol. The number of likely N-dealkylation sites (tertiary alicyclic amines) is 1. The summed E-state index contributed by atoms with van der Waals surface area (Å²) < 4.78 is 1.59. The number of carboxylic acids is 1. The Labute approximate surface area is 104 Å². The molecule has 0 aromatic carbocycles. The minimum absolute atomic E-state index is 0.00433. The van der Waals surface area contributed by atoms with E-state index in [2.05, 4.69) is 10.4 Å². The van der Waals surface area contributed by atoms with Crippen LogP contribution in [0.4, 0.5) is 10.6 Å². The van der Waals surface area contributed by atoms with Crippen LogP contribution >= 0.6 is 0 Å². The van der Waals surface area contributed by atoms with Crippen molar-refractivity contribution >= 4 is 17.8 Å². The van der Waals surface area contributed by atoms with Crippen LogP contribution in [0.3, 0.4) is 0 Å². The molecule has 1 atom stereocenters. The first-order chi connectivity index (χ1) is 8.56. The van der Waals surface area contributed by atoms with Crippen LogP contribution in [0.5, 0.6) is 0 Å². The van der Waals surface area contributed by atoms with E-state index >= 15 is 0 Å². The fourth-order valence-corrected chi connectivity index (χ4v) is 2.18. The molecule has 0 aliphatic carbocycles. The highest BCUT2D eigenvalue weighted by Gasteiger charge is 2.30. The van der Waals surface area contributed by atoms with Gasteiger partial charge in [0.25, 0.3) is 0 Å². The van der Waals surface area contributed by atoms with Crippen LogP contribution in [0.2, 0.25) is 0 Å². The molecule has 18 heavy (non-hydrogen) atoms. The molecule has 0 spiro atoms. The third kappa shape index (κ3) is 2.79. The molecule has 1 aromatic rings. The molecule has 7 nitrogen and oxygen atoms in total. The highest BCUT2D eigenvalue weighted by molar-refractivity contribution is 5.89. The Balaban J connectivity index is 1.97. The summed E-state index contributed by atoms with van der Waals surface area (Å²) in [5.41, 5.74) is 0. The lowest BCUT2D eigenvalue weighted by Crippen LogP contribution is -2.39. The largest absolute Gasteiger partial charge is 0.481 e. The van der Waals surface area contributed by atoms with Crippen LogP contribution in [-0.4, -0.2) is 44.4 Å². The number of hydrogen-bond donors (Lipinski definition) is 2. The fourth-order valence-electron chi connectivity index (χ4n) is 2.18. The number of carboxylic acid groups (broad SMARTS) is 1. The number of anilines is 1. The minimum atomic E-state index is -0.877. The van der Waals surface area contributed by atoms with E-state index in [4.69, 9.17) is 5.11 Å². The van der Waals surface area contributed by atoms with Crippen molar-refractivity contribution in [1.29, 1.82) is 0 Å². The van der Waals surface area contributed by atoms with Gasteiger partial charge in [0.15, 0.2) is 5.82 Å². The zero-order valence-electron chi connectivity index (χ0n) is 10.2. The van der Waals surface area contributed by atoms with Gasteiger partial charge in [-0.05, 0) is 12.8 Å². The summed E-state index contributed by atoms with van der Waals surface area (Å²) in [6.07, 6.45) is 3.31. The average molecular weight is 252 g/mol. The van der Waals surface area contributed by atoms with Crippen molar-refractivity contribution < 1.29 is 14.7 Å².